The van der Waals surface area contributed by atoms with E-state index in [1.165, 1.54) is 16.5 Å². The average Bonchev–Trinajstić information content (AvgIpc) is 3.88. The Kier molecular flexibility index (Phi) is 12.4. The molecule has 0 unspecified atom stereocenters. The topological polar surface area (TPSA) is 109 Å². The summed E-state index contributed by atoms with van der Waals surface area (Å²) in [6, 6.07) is 8.50. The van der Waals surface area contributed by atoms with Crippen LogP contribution in [0.5, 0.6) is 0 Å². The summed E-state index contributed by atoms with van der Waals surface area (Å²) >= 11 is 0. The van der Waals surface area contributed by atoms with Gasteiger partial charge in [-0.3, -0.25) is 24.4 Å². The van der Waals surface area contributed by atoms with Crippen LogP contribution in [0.2, 0.25) is 0 Å². The average molecular weight is 793 g/mol. The number of allylic oxidation sites excluding steroid dienone is 2. The molecule has 2 saturated heterocycles. The van der Waals surface area contributed by atoms with Crippen molar-refractivity contribution in [3.05, 3.63) is 58.9 Å². The summed E-state index contributed by atoms with van der Waals surface area (Å²) < 4.78 is 14.5. The van der Waals surface area contributed by atoms with Crippen molar-refractivity contribution in [2.75, 3.05) is 58.4 Å². The molecule has 12 heteroatoms. The van der Waals surface area contributed by atoms with Crippen LogP contribution < -0.4 is 10.3 Å². The van der Waals surface area contributed by atoms with Crippen molar-refractivity contribution in [1.29, 1.82) is 0 Å². The maximum Gasteiger partial charge on any atom is 0.324 e. The molecule has 0 saturated carbocycles. The van der Waals surface area contributed by atoms with Gasteiger partial charge in [-0.2, -0.15) is 0 Å². The van der Waals surface area contributed by atoms with E-state index in [2.05, 4.69) is 88.7 Å². The number of carbonyl (C=O) groups is 3. The highest BCUT2D eigenvalue weighted by atomic mass is 28.1. The molecule has 3 aliphatic heterocycles. The molecule has 4 bridgehead atoms. The fraction of sp³-hybridized carbons (Fsp3) is 0.578. The number of Topliss-reactive ketones (excluding diaryl/α,β-unsaturated/α-hetero) is 1. The third kappa shape index (κ3) is 8.74. The maximum atomic E-state index is 14.1. The summed E-state index contributed by atoms with van der Waals surface area (Å²) in [5.74, 6) is -1.17. The van der Waals surface area contributed by atoms with E-state index in [1.807, 2.05) is 19.2 Å². The van der Waals surface area contributed by atoms with Crippen molar-refractivity contribution in [3.8, 4) is 11.3 Å². The highest BCUT2D eigenvalue weighted by molar-refractivity contribution is 6.68. The number of fused-ring (bicyclic) bond motifs is 3. The first kappa shape index (κ1) is 41.2. The molecule has 304 valence electrons. The number of piperazine rings is 1. The number of esters is 1. The number of ether oxygens (including phenoxy) is 2. The third-order valence-corrected chi connectivity index (χ3v) is 13.1. The zero-order valence-corrected chi connectivity index (χ0v) is 36.0. The zero-order valence-electron chi connectivity index (χ0n) is 35.0. The maximum absolute atomic E-state index is 14.1. The number of likely N-dealkylation sites (N-methyl/N-ethyl adjacent to an activating group) is 1. The van der Waals surface area contributed by atoms with Crippen LogP contribution in [0.15, 0.2) is 42.1 Å². The SMILES string of the molecule is CCn1c(-c2cc(N3CCN(C)CC3)cnc2[C@H](C)OC)c2c3cc(ccc31)CCCC[C@H](C(=[Si])C(=O)C1=C[C@@H]1C)C(=O)N1CCC[C@H](N1)C(=O)OCC(C)(C)C2. The lowest BCUT2D eigenvalue weighted by molar-refractivity contribution is -0.155. The van der Waals surface area contributed by atoms with Gasteiger partial charge in [0.25, 0.3) is 0 Å². The van der Waals surface area contributed by atoms with Gasteiger partial charge in [0.05, 0.1) is 41.9 Å². The third-order valence-electron chi connectivity index (χ3n) is 12.5. The van der Waals surface area contributed by atoms with E-state index < -0.39 is 17.4 Å². The summed E-state index contributed by atoms with van der Waals surface area (Å²) in [4.78, 5) is 51.2. The molecule has 4 aliphatic rings. The van der Waals surface area contributed by atoms with Gasteiger partial charge in [0, 0.05) is 89.6 Å². The second kappa shape index (κ2) is 17.1. The van der Waals surface area contributed by atoms with Crippen LogP contribution >= 0.6 is 0 Å². The highest BCUT2D eigenvalue weighted by Gasteiger charge is 2.38. The van der Waals surface area contributed by atoms with Crippen molar-refractivity contribution in [1.82, 2.24) is 24.9 Å². The Hall–Kier alpha value is -3.97. The van der Waals surface area contributed by atoms with E-state index in [0.717, 1.165) is 85.7 Å². The van der Waals surface area contributed by atoms with Gasteiger partial charge >= 0.3 is 5.97 Å². The van der Waals surface area contributed by atoms with Crippen molar-refractivity contribution >= 4 is 49.3 Å². The quantitative estimate of drug-likeness (QED) is 0.230. The van der Waals surface area contributed by atoms with Crippen molar-refractivity contribution in [2.24, 2.45) is 17.3 Å². The molecule has 5 heterocycles. The monoisotopic (exact) mass is 792 g/mol. The number of methoxy groups -OCH3 is 1. The minimum absolute atomic E-state index is 0.101. The first-order valence-electron chi connectivity index (χ1n) is 21.0. The number of anilines is 1. The van der Waals surface area contributed by atoms with Gasteiger partial charge in [-0.25, -0.2) is 5.43 Å². The van der Waals surface area contributed by atoms with Crippen LogP contribution in [0.1, 0.15) is 89.6 Å². The molecule has 1 amide bonds. The van der Waals surface area contributed by atoms with E-state index in [4.69, 9.17) is 14.5 Å². The molecule has 4 atom stereocenters. The van der Waals surface area contributed by atoms with Crippen LogP contribution in [0.4, 0.5) is 5.69 Å². The molecule has 1 aliphatic carbocycles. The van der Waals surface area contributed by atoms with E-state index in [0.29, 0.717) is 37.4 Å². The number of hydrazine groups is 1. The molecule has 0 spiro atoms. The Morgan fingerprint density at radius 3 is 2.54 bits per heavy atom. The number of carbonyl (C=O) groups excluding carboxylic acids is 3. The van der Waals surface area contributed by atoms with Gasteiger partial charge < -0.3 is 23.8 Å². The molecule has 1 aromatic carbocycles. The summed E-state index contributed by atoms with van der Waals surface area (Å²) in [5.41, 5.74) is 11.3. The molecule has 7 rings (SSSR count). The van der Waals surface area contributed by atoms with Crippen LogP contribution in [0.25, 0.3) is 22.2 Å². The number of nitrogens with zero attached hydrogens (tertiary/aromatic N) is 5. The van der Waals surface area contributed by atoms with E-state index in [1.54, 1.807) is 12.1 Å². The van der Waals surface area contributed by atoms with Crippen molar-refractivity contribution < 1.29 is 23.9 Å². The van der Waals surface area contributed by atoms with Crippen LogP contribution in [0, 0.1) is 17.3 Å². The van der Waals surface area contributed by atoms with E-state index in [-0.39, 0.29) is 36.3 Å². The number of amides is 1. The van der Waals surface area contributed by atoms with Gasteiger partial charge in [-0.1, -0.05) is 39.3 Å². The molecular weight excluding hydrogens is 733 g/mol. The van der Waals surface area contributed by atoms with Crippen molar-refractivity contribution in [2.45, 2.75) is 98.3 Å². The largest absolute Gasteiger partial charge is 0.464 e. The number of rotatable bonds is 8. The Morgan fingerprint density at radius 2 is 1.84 bits per heavy atom. The van der Waals surface area contributed by atoms with Crippen LogP contribution in [0.3, 0.4) is 0 Å². The van der Waals surface area contributed by atoms with Crippen LogP contribution in [-0.2, 0) is 43.2 Å². The second-order valence-electron chi connectivity index (χ2n) is 17.4. The van der Waals surface area contributed by atoms with Crippen LogP contribution in [-0.4, -0.2) is 112 Å². The van der Waals surface area contributed by atoms with Crippen molar-refractivity contribution in [3.63, 3.8) is 0 Å². The number of hydrogen-bond acceptors (Lipinski definition) is 9. The summed E-state index contributed by atoms with van der Waals surface area (Å²) in [7, 11) is 7.56. The molecule has 2 aromatic heterocycles. The molecule has 1 N–H and O–H groups in total. The molecular formula is C45H60N6O5Si. The predicted molar refractivity (Wildman–Crippen MR) is 226 cm³/mol. The zero-order chi connectivity index (χ0) is 40.6. The first-order chi connectivity index (χ1) is 27.3. The standard InChI is InChI=1S/C45H60N6O5Si/c1-8-50-38-16-15-30-12-9-10-13-32(42(57)41(52)33-22-28(33)2)43(53)51-17-11-14-37(47-51)44(54)56-27-45(4,5)25-36(34(38)23-30)40(50)35-24-31(26-46-39(35)29(3)55-7)49-20-18-48(6)19-21-49/h15-16,22-24,26,28-29,32,37,47H,8-14,17-21,25,27H2,1-7H3/t28-,29-,32+,37-/m0/s1. The number of cyclic esters (lactones) is 1. The number of pyridine rings is 1. The Bertz CT molecular complexity index is 2070. The Balaban J connectivity index is 1.30. The first-order valence-corrected chi connectivity index (χ1v) is 21.5. The smallest absolute Gasteiger partial charge is 0.324 e. The minimum Gasteiger partial charge on any atom is -0.464 e. The molecule has 2 radical (unpaired) electrons. The molecule has 2 fully saturated rings. The highest BCUT2D eigenvalue weighted by Crippen LogP contribution is 2.42. The summed E-state index contributed by atoms with van der Waals surface area (Å²) in [6.07, 6.45) is 8.58. The molecule has 57 heavy (non-hydrogen) atoms. The number of aromatic nitrogens is 2. The van der Waals surface area contributed by atoms with E-state index in [9.17, 15) is 14.4 Å². The Morgan fingerprint density at radius 1 is 1.09 bits per heavy atom. The number of ketones is 1. The number of aryl methyl sites for hydroxylation is 2. The minimum atomic E-state index is -0.653. The number of benzene rings is 1. The second-order valence-corrected chi connectivity index (χ2v) is 18.0. The van der Waals surface area contributed by atoms with Gasteiger partial charge in [0.2, 0.25) is 5.91 Å². The van der Waals surface area contributed by atoms with E-state index >= 15 is 0 Å². The number of nitrogens with one attached hydrogen (secondary N) is 1. The summed E-state index contributed by atoms with van der Waals surface area (Å²) in [5, 5.41) is 3.14. The normalized spacial score (nSPS) is 24.1. The fourth-order valence-corrected chi connectivity index (χ4v) is 9.27. The number of hydrogen-bond donors (Lipinski definition) is 1. The van der Waals surface area contributed by atoms with Gasteiger partial charge in [-0.15, -0.1) is 0 Å². The van der Waals surface area contributed by atoms with Gasteiger partial charge in [0.15, 0.2) is 5.78 Å². The lowest BCUT2D eigenvalue weighted by Gasteiger charge is -2.36. The lowest BCUT2D eigenvalue weighted by Crippen LogP contribution is -2.58. The van der Waals surface area contributed by atoms with Gasteiger partial charge in [-0.05, 0) is 93.9 Å². The summed E-state index contributed by atoms with van der Waals surface area (Å²) in [6.45, 7) is 15.9. The molecule has 3 aromatic rings. The fourth-order valence-electron chi connectivity index (χ4n) is 8.86. The Labute approximate surface area is 341 Å². The predicted octanol–water partition coefficient (Wildman–Crippen LogP) is 5.62. The molecule has 11 nitrogen and oxygen atoms in total. The van der Waals surface area contributed by atoms with Gasteiger partial charge in [0.1, 0.15) is 6.04 Å². The lowest BCUT2D eigenvalue weighted by atomic mass is 9.84.